The molecule has 1 fully saturated rings. The molecule has 2 bridgehead atoms. The summed E-state index contributed by atoms with van der Waals surface area (Å²) in [4.78, 5) is 4.63. The van der Waals surface area contributed by atoms with Crippen LogP contribution in [-0.4, -0.2) is 23.2 Å². The molecule has 6 aromatic rings. The Morgan fingerprint density at radius 2 is 1.72 bits per heavy atom. The summed E-state index contributed by atoms with van der Waals surface area (Å²) in [5, 5.41) is 2.18. The standard InChI is InChI=1S/C37H33N4O.Pt/c1-25-18-27(41-23-40(5,24-41)34-16-13-26(20-35(34)41)37(2,3)4)21-29(19-25)42-28-14-15-31-30-10-6-7-11-32(30)39(33(31)22-28)36-12-8-9-17-38-36;/h6-20,23H,24H2,1-5H3;/q-1;/t40-,41+;/m0./s1/i5D3;. The van der Waals surface area contributed by atoms with Gasteiger partial charge in [-0.25, -0.2) is 4.98 Å². The monoisotopic (exact) mass is 747 g/mol. The summed E-state index contributed by atoms with van der Waals surface area (Å²) in [5.41, 5.74) is 6.68. The van der Waals surface area contributed by atoms with Gasteiger partial charge in [-0.05, 0) is 34.6 Å². The van der Waals surface area contributed by atoms with Crippen molar-refractivity contribution in [2.45, 2.75) is 33.1 Å². The molecule has 218 valence electrons. The molecule has 9 rings (SSSR count). The van der Waals surface area contributed by atoms with Gasteiger partial charge < -0.3 is 18.3 Å². The van der Waals surface area contributed by atoms with Gasteiger partial charge in [-0.15, -0.1) is 29.7 Å². The maximum atomic E-state index is 8.46. The topological polar surface area (TPSA) is 27.1 Å². The third-order valence-corrected chi connectivity index (χ3v) is 8.60. The van der Waals surface area contributed by atoms with Gasteiger partial charge in [-0.1, -0.05) is 69.6 Å². The first-order valence-corrected chi connectivity index (χ1v) is 14.3. The molecule has 0 amide bonds. The molecule has 0 radical (unpaired) electrons. The fraction of sp³-hybridized carbons (Fsp3) is 0.189. The molecule has 5 heterocycles. The van der Waals surface area contributed by atoms with Gasteiger partial charge in [0.25, 0.3) is 0 Å². The number of fused-ring (bicyclic) bond motifs is 3. The van der Waals surface area contributed by atoms with Gasteiger partial charge in [-0.3, -0.25) is 0 Å². The second kappa shape index (κ2) is 9.62. The Kier molecular flexibility index (Phi) is 5.52. The summed E-state index contributed by atoms with van der Waals surface area (Å²) in [7, 11) is 0. The van der Waals surface area contributed by atoms with Crippen molar-refractivity contribution < 1.29 is 29.9 Å². The average molecular weight is 748 g/mol. The van der Waals surface area contributed by atoms with Crippen molar-refractivity contribution in [1.82, 2.24) is 18.5 Å². The molecule has 2 aromatic heterocycles. The number of pyridine rings is 1. The first-order chi connectivity index (χ1) is 21.4. The van der Waals surface area contributed by atoms with E-state index in [0.717, 1.165) is 50.2 Å². The van der Waals surface area contributed by atoms with Gasteiger partial charge >= 0.3 is 0 Å². The fourth-order valence-corrected chi connectivity index (χ4v) is 6.57. The molecule has 4 aromatic carbocycles. The van der Waals surface area contributed by atoms with Gasteiger partial charge in [0.1, 0.15) is 5.82 Å². The number of para-hydroxylation sites is 1. The van der Waals surface area contributed by atoms with Crippen LogP contribution in [0.15, 0.2) is 91.1 Å². The molecule has 43 heavy (non-hydrogen) atoms. The maximum absolute atomic E-state index is 8.46. The average Bonchev–Trinajstić information content (AvgIpc) is 3.57. The predicted molar refractivity (Wildman–Crippen MR) is 171 cm³/mol. The second-order valence-electron chi connectivity index (χ2n) is 12.6. The number of nitrogens with zero attached hydrogens (tertiary/aromatic N) is 4. The molecule has 2 atom stereocenters. The quantitative estimate of drug-likeness (QED) is 0.133. The Bertz CT molecular complexity index is 2140. The molecule has 3 aliphatic heterocycles. The number of quaternary nitrogens is 2. The summed E-state index contributed by atoms with van der Waals surface area (Å²) in [5.74, 6) is 1.93. The Morgan fingerprint density at radius 1 is 0.907 bits per heavy atom. The summed E-state index contributed by atoms with van der Waals surface area (Å²) < 4.78 is 34.1. The van der Waals surface area contributed by atoms with Crippen LogP contribution in [-0.2, 0) is 26.5 Å². The molecular formula is C37H33N4OPt-. The van der Waals surface area contributed by atoms with Crippen LogP contribution in [0.4, 0.5) is 17.1 Å². The summed E-state index contributed by atoms with van der Waals surface area (Å²) in [6.45, 7) is 8.66. The van der Waals surface area contributed by atoms with Crippen LogP contribution >= 0.6 is 0 Å². The van der Waals surface area contributed by atoms with Crippen molar-refractivity contribution in [3.8, 4) is 17.3 Å². The van der Waals surface area contributed by atoms with E-state index in [4.69, 9.17) is 8.85 Å². The molecule has 1 saturated heterocycles. The largest absolute Gasteiger partial charge is 0.509 e. The van der Waals surface area contributed by atoms with Crippen LogP contribution in [0.2, 0.25) is 0 Å². The number of aryl methyl sites for hydroxylation is 1. The number of hydrogen-bond acceptors (Lipinski definition) is 2. The SMILES string of the molecule is [2H]C([2H])([2H])[N@+]12[CH-][N@+](c3[c-]c(Oc4[c-]c5c(cc4)c4ccccc4n5-c4ccccn4)cc(C)c3)(C1)c1cc(C(C)(C)C)ccc12.[Pt]. The van der Waals surface area contributed by atoms with Gasteiger partial charge in [0.15, 0.2) is 18.0 Å². The Labute approximate surface area is 271 Å². The Hall–Kier alpha value is -3.76. The van der Waals surface area contributed by atoms with E-state index >= 15 is 0 Å². The minimum atomic E-state index is -2.21. The molecule has 0 N–H and O–H groups in total. The first-order valence-electron chi connectivity index (χ1n) is 15.8. The fourth-order valence-electron chi connectivity index (χ4n) is 6.57. The van der Waals surface area contributed by atoms with Crippen molar-refractivity contribution in [2.24, 2.45) is 0 Å². The van der Waals surface area contributed by atoms with E-state index in [1.54, 1.807) is 6.20 Å². The van der Waals surface area contributed by atoms with Gasteiger partial charge in [-0.2, -0.15) is 11.6 Å². The second-order valence-corrected chi connectivity index (χ2v) is 12.6. The summed E-state index contributed by atoms with van der Waals surface area (Å²) >= 11 is 0. The van der Waals surface area contributed by atoms with Crippen LogP contribution in [0.5, 0.6) is 11.5 Å². The number of benzene rings is 4. The normalized spacial score (nSPS) is 21.8. The van der Waals surface area contributed by atoms with Crippen LogP contribution in [0, 0.1) is 25.7 Å². The van der Waals surface area contributed by atoms with E-state index in [1.807, 2.05) is 62.1 Å². The van der Waals surface area contributed by atoms with Gasteiger partial charge in [0.2, 0.25) is 0 Å². The third kappa shape index (κ3) is 4.21. The number of aromatic nitrogens is 2. The van der Waals surface area contributed by atoms with Crippen LogP contribution in [0.1, 0.15) is 36.0 Å². The molecular weight excluding hydrogens is 712 g/mol. The zero-order valence-corrected chi connectivity index (χ0v) is 26.7. The minimum Gasteiger partial charge on any atom is -0.509 e. The molecule has 3 aliphatic rings. The Balaban J connectivity index is 0.00000338. The van der Waals surface area contributed by atoms with Gasteiger partial charge in [0, 0.05) is 62.1 Å². The maximum Gasteiger partial charge on any atom is 0.179 e. The third-order valence-electron chi connectivity index (χ3n) is 8.60. The summed E-state index contributed by atoms with van der Waals surface area (Å²) in [6.07, 6.45) is 1.79. The zero-order valence-electron chi connectivity index (χ0n) is 27.5. The van der Waals surface area contributed by atoms with Crippen LogP contribution in [0.25, 0.3) is 27.6 Å². The van der Waals surface area contributed by atoms with Crippen molar-refractivity contribution >= 4 is 38.9 Å². The number of rotatable bonds is 4. The number of ether oxygens (including phenoxy) is 1. The van der Waals surface area contributed by atoms with Gasteiger partial charge in [0.05, 0.1) is 17.8 Å². The molecule has 6 heteroatoms. The predicted octanol–water partition coefficient (Wildman–Crippen LogP) is 8.85. The van der Waals surface area contributed by atoms with E-state index in [-0.39, 0.29) is 31.0 Å². The first kappa shape index (κ1) is 24.7. The smallest absolute Gasteiger partial charge is 0.179 e. The minimum absolute atomic E-state index is 0. The van der Waals surface area contributed by atoms with E-state index in [9.17, 15) is 0 Å². The van der Waals surface area contributed by atoms with Crippen molar-refractivity contribution in [2.75, 3.05) is 13.6 Å². The van der Waals surface area contributed by atoms with E-state index in [2.05, 4.69) is 78.9 Å². The van der Waals surface area contributed by atoms with E-state index in [0.29, 0.717) is 22.7 Å². The Morgan fingerprint density at radius 3 is 2.49 bits per heavy atom. The van der Waals surface area contributed by atoms with Crippen LogP contribution in [0.3, 0.4) is 0 Å². The summed E-state index contributed by atoms with van der Waals surface area (Å²) in [6, 6.07) is 35.5. The van der Waals surface area contributed by atoms with Crippen LogP contribution < -0.4 is 13.7 Å². The van der Waals surface area contributed by atoms with Crippen molar-refractivity contribution in [3.05, 3.63) is 121 Å². The molecule has 0 saturated carbocycles. The van der Waals surface area contributed by atoms with E-state index < -0.39 is 6.98 Å². The zero-order chi connectivity index (χ0) is 31.4. The molecule has 0 spiro atoms. The van der Waals surface area contributed by atoms with Crippen molar-refractivity contribution in [1.29, 1.82) is 0 Å². The van der Waals surface area contributed by atoms with E-state index in [1.165, 1.54) is 5.56 Å². The molecule has 5 nitrogen and oxygen atoms in total. The van der Waals surface area contributed by atoms with Crippen molar-refractivity contribution in [3.63, 3.8) is 0 Å². The number of hydrogen-bond donors (Lipinski definition) is 0. The molecule has 0 unspecified atom stereocenters. The molecule has 0 aliphatic carbocycles.